The monoisotopic (exact) mass is 395 g/mol. The van der Waals surface area contributed by atoms with Crippen molar-refractivity contribution in [3.05, 3.63) is 59.0 Å². The molecule has 1 heterocycles. The first-order valence-corrected chi connectivity index (χ1v) is 9.68. The summed E-state index contributed by atoms with van der Waals surface area (Å²) in [5.74, 6) is 0. The van der Waals surface area contributed by atoms with Crippen LogP contribution in [0.4, 0.5) is 10.8 Å². The Labute approximate surface area is 157 Å². The largest absolute Gasteiger partial charge is 0.332 e. The number of hydrogen-bond acceptors (Lipinski definition) is 5. The molecule has 0 saturated carbocycles. The van der Waals surface area contributed by atoms with E-state index in [4.69, 9.17) is 5.14 Å². The number of nitrogens with zero attached hydrogens (tertiary/aromatic N) is 1. The van der Waals surface area contributed by atoms with Gasteiger partial charge in [-0.2, -0.15) is 0 Å². The number of rotatable bonds is 4. The number of thiazole rings is 1. The summed E-state index contributed by atoms with van der Waals surface area (Å²) in [4.78, 5) is 4.67. The van der Waals surface area contributed by atoms with Crippen molar-refractivity contribution >= 4 is 44.6 Å². The van der Waals surface area contributed by atoms with E-state index in [1.54, 1.807) is 12.1 Å². The molecular formula is C17H18ClN3O2S2. The molecular weight excluding hydrogens is 378 g/mol. The van der Waals surface area contributed by atoms with Crippen LogP contribution in [0.1, 0.15) is 11.1 Å². The molecule has 0 fully saturated rings. The minimum atomic E-state index is -3.67. The van der Waals surface area contributed by atoms with E-state index in [2.05, 4.69) is 42.3 Å². The summed E-state index contributed by atoms with van der Waals surface area (Å²) in [6, 6.07) is 12.5. The van der Waals surface area contributed by atoms with Crippen LogP contribution < -0.4 is 10.5 Å². The highest BCUT2D eigenvalue weighted by atomic mass is 35.5. The highest BCUT2D eigenvalue weighted by Crippen LogP contribution is 2.28. The van der Waals surface area contributed by atoms with Crippen LogP contribution in [0.25, 0.3) is 11.3 Å². The van der Waals surface area contributed by atoms with E-state index in [1.165, 1.54) is 34.6 Å². The van der Waals surface area contributed by atoms with Crippen LogP contribution in [-0.4, -0.2) is 13.4 Å². The van der Waals surface area contributed by atoms with Crippen molar-refractivity contribution in [1.82, 2.24) is 4.98 Å². The van der Waals surface area contributed by atoms with Gasteiger partial charge in [0, 0.05) is 16.6 Å². The predicted octanol–water partition coefficient (Wildman–Crippen LogP) is 4.24. The molecule has 3 N–H and O–H groups in total. The number of nitrogens with two attached hydrogens (primary N) is 1. The Bertz CT molecular complexity index is 983. The fourth-order valence-corrected chi connectivity index (χ4v) is 3.47. The molecule has 0 radical (unpaired) electrons. The number of sulfonamides is 1. The van der Waals surface area contributed by atoms with Gasteiger partial charge in [-0.1, -0.05) is 12.1 Å². The summed E-state index contributed by atoms with van der Waals surface area (Å²) in [5.41, 5.74) is 5.22. The highest BCUT2D eigenvalue weighted by molar-refractivity contribution is 7.89. The highest BCUT2D eigenvalue weighted by Gasteiger charge is 2.09. The number of hydrogen-bond donors (Lipinski definition) is 2. The van der Waals surface area contributed by atoms with E-state index in [0.717, 1.165) is 22.1 Å². The number of anilines is 2. The molecule has 0 aliphatic carbocycles. The number of halogens is 1. The summed E-state index contributed by atoms with van der Waals surface area (Å²) in [6.45, 7) is 4.16. The van der Waals surface area contributed by atoms with E-state index in [-0.39, 0.29) is 17.3 Å². The molecule has 0 atom stereocenters. The lowest BCUT2D eigenvalue weighted by Gasteiger charge is -2.04. The van der Waals surface area contributed by atoms with Gasteiger partial charge in [0.2, 0.25) is 10.0 Å². The standard InChI is InChI=1S/C17H17N3O2S2.ClH/c1-11-3-4-13(9-12(11)2)16-10-23-17(20-16)19-14-5-7-15(8-6-14)24(18,21)22;/h3-10H,1-2H3,(H,19,20)(H2,18,21,22);1H. The van der Waals surface area contributed by atoms with Gasteiger partial charge in [0.1, 0.15) is 0 Å². The maximum atomic E-state index is 11.3. The van der Waals surface area contributed by atoms with Gasteiger partial charge in [0.15, 0.2) is 5.13 Å². The first-order chi connectivity index (χ1) is 11.3. The molecule has 132 valence electrons. The van der Waals surface area contributed by atoms with Crippen molar-refractivity contribution < 1.29 is 8.42 Å². The third-order valence-electron chi connectivity index (χ3n) is 3.74. The van der Waals surface area contributed by atoms with E-state index in [0.29, 0.717) is 0 Å². The fraction of sp³-hybridized carbons (Fsp3) is 0.118. The number of benzene rings is 2. The summed E-state index contributed by atoms with van der Waals surface area (Å²) >= 11 is 1.49. The van der Waals surface area contributed by atoms with Crippen LogP contribution in [-0.2, 0) is 10.0 Å². The Morgan fingerprint density at radius 2 is 1.72 bits per heavy atom. The van der Waals surface area contributed by atoms with E-state index < -0.39 is 10.0 Å². The second-order valence-electron chi connectivity index (χ2n) is 5.53. The van der Waals surface area contributed by atoms with Crippen molar-refractivity contribution in [2.45, 2.75) is 18.7 Å². The Kier molecular flexibility index (Phi) is 5.84. The van der Waals surface area contributed by atoms with Gasteiger partial charge in [-0.15, -0.1) is 23.7 Å². The van der Waals surface area contributed by atoms with Gasteiger partial charge >= 0.3 is 0 Å². The second-order valence-corrected chi connectivity index (χ2v) is 7.95. The van der Waals surface area contributed by atoms with Crippen molar-refractivity contribution in [3.8, 4) is 11.3 Å². The van der Waals surface area contributed by atoms with Crippen LogP contribution in [0.15, 0.2) is 52.7 Å². The first-order valence-electron chi connectivity index (χ1n) is 7.26. The lowest BCUT2D eigenvalue weighted by Crippen LogP contribution is -2.11. The zero-order valence-electron chi connectivity index (χ0n) is 13.7. The Hall–Kier alpha value is -1.93. The summed E-state index contributed by atoms with van der Waals surface area (Å²) in [6.07, 6.45) is 0. The van der Waals surface area contributed by atoms with Gasteiger partial charge in [0.25, 0.3) is 0 Å². The minimum Gasteiger partial charge on any atom is -0.332 e. The fourth-order valence-electron chi connectivity index (χ4n) is 2.22. The second kappa shape index (κ2) is 7.53. The maximum absolute atomic E-state index is 11.3. The molecule has 2 aromatic carbocycles. The third kappa shape index (κ3) is 4.58. The van der Waals surface area contributed by atoms with Crippen LogP contribution in [0.2, 0.25) is 0 Å². The number of nitrogens with one attached hydrogen (secondary N) is 1. The average Bonchev–Trinajstić information content (AvgIpc) is 2.98. The average molecular weight is 396 g/mol. The molecule has 0 unspecified atom stereocenters. The van der Waals surface area contributed by atoms with Crippen molar-refractivity contribution in [1.29, 1.82) is 0 Å². The molecule has 0 saturated heterocycles. The molecule has 0 aliphatic rings. The summed E-state index contributed by atoms with van der Waals surface area (Å²) in [5, 5.41) is 11.0. The Balaban J connectivity index is 0.00000225. The summed E-state index contributed by atoms with van der Waals surface area (Å²) in [7, 11) is -3.67. The van der Waals surface area contributed by atoms with Crippen molar-refractivity contribution in [3.63, 3.8) is 0 Å². The number of aromatic nitrogens is 1. The molecule has 0 aliphatic heterocycles. The van der Waals surface area contributed by atoms with Crippen LogP contribution in [0, 0.1) is 13.8 Å². The predicted molar refractivity (Wildman–Crippen MR) is 105 cm³/mol. The number of aryl methyl sites for hydroxylation is 2. The minimum absolute atomic E-state index is 0. The number of primary sulfonamides is 1. The smallest absolute Gasteiger partial charge is 0.238 e. The molecule has 0 spiro atoms. The summed E-state index contributed by atoms with van der Waals surface area (Å²) < 4.78 is 22.5. The van der Waals surface area contributed by atoms with Gasteiger partial charge in [-0.05, 0) is 55.3 Å². The van der Waals surface area contributed by atoms with Gasteiger partial charge in [-0.3, -0.25) is 0 Å². The van der Waals surface area contributed by atoms with Crippen LogP contribution in [0.3, 0.4) is 0 Å². The lowest BCUT2D eigenvalue weighted by atomic mass is 10.1. The normalized spacial score (nSPS) is 11.0. The molecule has 25 heavy (non-hydrogen) atoms. The third-order valence-corrected chi connectivity index (χ3v) is 5.43. The van der Waals surface area contributed by atoms with Crippen molar-refractivity contribution in [2.24, 2.45) is 5.14 Å². The van der Waals surface area contributed by atoms with Gasteiger partial charge in [0.05, 0.1) is 10.6 Å². The topological polar surface area (TPSA) is 85.1 Å². The van der Waals surface area contributed by atoms with Gasteiger partial charge < -0.3 is 5.32 Å². The van der Waals surface area contributed by atoms with Crippen LogP contribution in [0.5, 0.6) is 0 Å². The van der Waals surface area contributed by atoms with Crippen LogP contribution >= 0.6 is 23.7 Å². The van der Waals surface area contributed by atoms with E-state index in [9.17, 15) is 8.42 Å². The zero-order valence-corrected chi connectivity index (χ0v) is 16.1. The van der Waals surface area contributed by atoms with Gasteiger partial charge in [-0.25, -0.2) is 18.5 Å². The molecule has 1 aromatic heterocycles. The maximum Gasteiger partial charge on any atom is 0.238 e. The van der Waals surface area contributed by atoms with E-state index in [1.807, 2.05) is 5.38 Å². The molecule has 3 aromatic rings. The lowest BCUT2D eigenvalue weighted by molar-refractivity contribution is 0.598. The Morgan fingerprint density at radius 3 is 2.32 bits per heavy atom. The van der Waals surface area contributed by atoms with Crippen molar-refractivity contribution in [2.75, 3.05) is 5.32 Å². The molecule has 5 nitrogen and oxygen atoms in total. The van der Waals surface area contributed by atoms with E-state index >= 15 is 0 Å². The molecule has 0 bridgehead atoms. The molecule has 8 heteroatoms. The SMILES string of the molecule is Cc1ccc(-c2csc(Nc3ccc(S(N)(=O)=O)cc3)n2)cc1C.Cl. The Morgan fingerprint density at radius 1 is 1.04 bits per heavy atom. The molecule has 3 rings (SSSR count). The quantitative estimate of drug-likeness (QED) is 0.691. The first kappa shape index (κ1) is 19.4. The molecule has 0 amide bonds. The zero-order chi connectivity index (χ0) is 17.3.